The van der Waals surface area contributed by atoms with Crippen molar-refractivity contribution in [1.82, 2.24) is 20.0 Å². The van der Waals surface area contributed by atoms with Crippen LogP contribution >= 0.6 is 0 Å². The minimum Gasteiger partial charge on any atom is -0.350 e. The zero-order valence-electron chi connectivity index (χ0n) is 14.7. The highest BCUT2D eigenvalue weighted by atomic mass is 16.2. The molecule has 1 saturated heterocycles. The summed E-state index contributed by atoms with van der Waals surface area (Å²) in [7, 11) is 0. The SMILES string of the molecule is O=C(NCCn1[nH]c(=O)ccc1=O)c1ccc(CN2CCCCC2)cc1. The van der Waals surface area contributed by atoms with Gasteiger partial charge in [-0.1, -0.05) is 18.6 Å². The predicted octanol–water partition coefficient (Wildman–Crippen LogP) is 0.953. The zero-order valence-corrected chi connectivity index (χ0v) is 14.7. The zero-order chi connectivity index (χ0) is 18.4. The van der Waals surface area contributed by atoms with Gasteiger partial charge in [0.15, 0.2) is 0 Å². The Labute approximate surface area is 151 Å². The van der Waals surface area contributed by atoms with E-state index in [1.807, 2.05) is 24.3 Å². The summed E-state index contributed by atoms with van der Waals surface area (Å²) in [6.45, 7) is 3.68. The molecule has 0 bridgehead atoms. The van der Waals surface area contributed by atoms with E-state index in [-0.39, 0.29) is 30.1 Å². The Kier molecular flexibility index (Phi) is 6.01. The second kappa shape index (κ2) is 8.62. The molecule has 1 fully saturated rings. The first kappa shape index (κ1) is 18.1. The Hall–Kier alpha value is -2.67. The van der Waals surface area contributed by atoms with Crippen molar-refractivity contribution in [3.63, 3.8) is 0 Å². The topological polar surface area (TPSA) is 87.2 Å². The third kappa shape index (κ3) is 4.92. The van der Waals surface area contributed by atoms with Crippen molar-refractivity contribution in [2.24, 2.45) is 0 Å². The molecule has 1 aliphatic heterocycles. The lowest BCUT2D eigenvalue weighted by Gasteiger charge is -2.26. The van der Waals surface area contributed by atoms with E-state index in [9.17, 15) is 14.4 Å². The van der Waals surface area contributed by atoms with E-state index in [0.717, 1.165) is 19.6 Å². The summed E-state index contributed by atoms with van der Waals surface area (Å²) < 4.78 is 1.18. The molecule has 7 nitrogen and oxygen atoms in total. The van der Waals surface area contributed by atoms with Crippen molar-refractivity contribution in [1.29, 1.82) is 0 Å². The Bertz CT molecular complexity index is 848. The molecular formula is C19H24N4O3. The number of piperidine rings is 1. The first-order chi connectivity index (χ1) is 12.6. The van der Waals surface area contributed by atoms with Gasteiger partial charge in [-0.2, -0.15) is 0 Å². The van der Waals surface area contributed by atoms with Gasteiger partial charge in [-0.3, -0.25) is 24.4 Å². The van der Waals surface area contributed by atoms with Crippen LogP contribution in [0.25, 0.3) is 0 Å². The molecule has 3 rings (SSSR count). The van der Waals surface area contributed by atoms with E-state index in [1.165, 1.54) is 41.6 Å². The van der Waals surface area contributed by atoms with Gasteiger partial charge >= 0.3 is 0 Å². The molecule has 0 saturated carbocycles. The minimum absolute atomic E-state index is 0.194. The quantitative estimate of drug-likeness (QED) is 0.807. The molecule has 2 heterocycles. The van der Waals surface area contributed by atoms with Crippen molar-refractivity contribution in [2.45, 2.75) is 32.4 Å². The van der Waals surface area contributed by atoms with Crippen LogP contribution in [0.2, 0.25) is 0 Å². The fraction of sp³-hybridized carbons (Fsp3) is 0.421. The number of benzene rings is 1. The van der Waals surface area contributed by atoms with E-state index < -0.39 is 0 Å². The van der Waals surface area contributed by atoms with Crippen LogP contribution < -0.4 is 16.4 Å². The molecule has 0 radical (unpaired) electrons. The summed E-state index contributed by atoms with van der Waals surface area (Å²) >= 11 is 0. The molecule has 138 valence electrons. The minimum atomic E-state index is -0.347. The van der Waals surface area contributed by atoms with Crippen molar-refractivity contribution < 1.29 is 4.79 Å². The van der Waals surface area contributed by atoms with Crippen LogP contribution in [-0.2, 0) is 13.1 Å². The van der Waals surface area contributed by atoms with Gasteiger partial charge in [0.25, 0.3) is 17.0 Å². The smallest absolute Gasteiger partial charge is 0.265 e. The first-order valence-corrected chi connectivity index (χ1v) is 9.01. The molecule has 2 N–H and O–H groups in total. The second-order valence-corrected chi connectivity index (χ2v) is 6.59. The average molecular weight is 356 g/mol. The predicted molar refractivity (Wildman–Crippen MR) is 99.2 cm³/mol. The summed E-state index contributed by atoms with van der Waals surface area (Å²) in [6, 6.07) is 10.0. The van der Waals surface area contributed by atoms with Crippen LogP contribution in [0.4, 0.5) is 0 Å². The van der Waals surface area contributed by atoms with Gasteiger partial charge in [-0.25, -0.2) is 4.68 Å². The van der Waals surface area contributed by atoms with E-state index in [2.05, 4.69) is 15.3 Å². The van der Waals surface area contributed by atoms with Gasteiger partial charge < -0.3 is 5.32 Å². The Balaban J connectivity index is 1.50. The lowest BCUT2D eigenvalue weighted by Crippen LogP contribution is -2.34. The van der Waals surface area contributed by atoms with Crippen molar-refractivity contribution in [3.05, 3.63) is 68.2 Å². The van der Waals surface area contributed by atoms with E-state index >= 15 is 0 Å². The van der Waals surface area contributed by atoms with Crippen LogP contribution in [0.1, 0.15) is 35.2 Å². The lowest BCUT2D eigenvalue weighted by molar-refractivity contribution is 0.0951. The van der Waals surface area contributed by atoms with E-state index in [1.54, 1.807) is 0 Å². The molecule has 7 heteroatoms. The first-order valence-electron chi connectivity index (χ1n) is 9.01. The number of nitrogens with one attached hydrogen (secondary N) is 2. The van der Waals surface area contributed by atoms with Crippen LogP contribution in [0.3, 0.4) is 0 Å². The molecule has 1 aromatic carbocycles. The van der Waals surface area contributed by atoms with Crippen LogP contribution in [0.15, 0.2) is 46.0 Å². The maximum Gasteiger partial charge on any atom is 0.265 e. The van der Waals surface area contributed by atoms with Crippen molar-refractivity contribution in [2.75, 3.05) is 19.6 Å². The molecule has 1 aliphatic rings. The maximum atomic E-state index is 12.2. The van der Waals surface area contributed by atoms with Gasteiger partial charge in [-0.05, 0) is 43.6 Å². The highest BCUT2D eigenvalue weighted by molar-refractivity contribution is 5.94. The van der Waals surface area contributed by atoms with Gasteiger partial charge in [0.1, 0.15) is 0 Å². The molecule has 0 unspecified atom stereocenters. The summed E-state index contributed by atoms with van der Waals surface area (Å²) in [5.74, 6) is -0.194. The Morgan fingerprint density at radius 2 is 1.73 bits per heavy atom. The molecule has 1 aromatic heterocycles. The Morgan fingerprint density at radius 1 is 1.00 bits per heavy atom. The van der Waals surface area contributed by atoms with Gasteiger partial charge in [-0.15, -0.1) is 0 Å². The van der Waals surface area contributed by atoms with Crippen molar-refractivity contribution in [3.8, 4) is 0 Å². The molecule has 1 amide bonds. The lowest BCUT2D eigenvalue weighted by atomic mass is 10.1. The second-order valence-electron chi connectivity index (χ2n) is 6.59. The third-order valence-electron chi connectivity index (χ3n) is 4.58. The number of rotatable bonds is 6. The normalized spacial score (nSPS) is 14.9. The molecule has 0 aliphatic carbocycles. The molecule has 26 heavy (non-hydrogen) atoms. The highest BCUT2D eigenvalue weighted by Crippen LogP contribution is 2.13. The fourth-order valence-electron chi connectivity index (χ4n) is 3.15. The summed E-state index contributed by atoms with van der Waals surface area (Å²) in [6.07, 6.45) is 3.84. The largest absolute Gasteiger partial charge is 0.350 e. The number of carbonyl (C=O) groups excluding carboxylic acids is 1. The standard InChI is InChI=1S/C19H24N4O3/c24-17-8-9-18(25)23(21-17)13-10-20-19(26)16-6-4-15(5-7-16)14-22-11-2-1-3-12-22/h4-9H,1-3,10-14H2,(H,20,26)(H,21,24). The molecule has 2 aromatic rings. The number of likely N-dealkylation sites (tertiary alicyclic amines) is 1. The van der Waals surface area contributed by atoms with Crippen molar-refractivity contribution >= 4 is 5.91 Å². The van der Waals surface area contributed by atoms with Crippen LogP contribution in [-0.4, -0.2) is 40.2 Å². The summed E-state index contributed by atoms with van der Waals surface area (Å²) in [5.41, 5.74) is 1.14. The van der Waals surface area contributed by atoms with Crippen LogP contribution in [0, 0.1) is 0 Å². The van der Waals surface area contributed by atoms with Gasteiger partial charge in [0.05, 0.1) is 6.54 Å². The number of nitrogens with zero attached hydrogens (tertiary/aromatic N) is 2. The number of aromatic amines is 1. The molecule has 0 spiro atoms. The molecule has 0 atom stereocenters. The third-order valence-corrected chi connectivity index (χ3v) is 4.58. The van der Waals surface area contributed by atoms with Crippen LogP contribution in [0.5, 0.6) is 0 Å². The fourth-order valence-corrected chi connectivity index (χ4v) is 3.15. The average Bonchev–Trinajstić information content (AvgIpc) is 2.66. The van der Waals surface area contributed by atoms with E-state index in [4.69, 9.17) is 0 Å². The number of carbonyl (C=O) groups is 1. The summed E-state index contributed by atoms with van der Waals surface area (Å²) in [4.78, 5) is 37.5. The Morgan fingerprint density at radius 3 is 2.46 bits per heavy atom. The number of aromatic nitrogens is 2. The number of H-pyrrole nitrogens is 1. The van der Waals surface area contributed by atoms with Gasteiger partial charge in [0, 0.05) is 30.8 Å². The van der Waals surface area contributed by atoms with Gasteiger partial charge in [0.2, 0.25) is 0 Å². The highest BCUT2D eigenvalue weighted by Gasteiger charge is 2.11. The monoisotopic (exact) mass is 356 g/mol. The van der Waals surface area contributed by atoms with E-state index in [0.29, 0.717) is 5.56 Å². The number of amides is 1. The number of hydrogen-bond donors (Lipinski definition) is 2. The molecular weight excluding hydrogens is 332 g/mol. The maximum absolute atomic E-state index is 12.2. The number of hydrogen-bond acceptors (Lipinski definition) is 4. The summed E-state index contributed by atoms with van der Waals surface area (Å²) in [5, 5.41) is 5.19.